The molecule has 2 atom stereocenters. The monoisotopic (exact) mass is 315 g/mol. The average molecular weight is 315 g/mol. The minimum atomic E-state index is -4.31. The van der Waals surface area contributed by atoms with Crippen LogP contribution >= 0.6 is 0 Å². The molecule has 3 N–H and O–H groups in total. The number of aliphatic carboxylic acids is 1. The van der Waals surface area contributed by atoms with E-state index in [1.165, 1.54) is 12.1 Å². The summed E-state index contributed by atoms with van der Waals surface area (Å²) >= 11 is 0. The van der Waals surface area contributed by atoms with Gasteiger partial charge in [0.05, 0.1) is 4.92 Å². The van der Waals surface area contributed by atoms with Crippen molar-refractivity contribution in [2.75, 3.05) is 6.54 Å². The number of rotatable bonds is 4. The number of hydrogen-bond donors (Lipinski definition) is 2. The lowest BCUT2D eigenvalue weighted by Crippen LogP contribution is -2.40. The molecule has 0 aromatic heterocycles. The van der Waals surface area contributed by atoms with Gasteiger partial charge in [-0.05, 0) is 12.5 Å². The average Bonchev–Trinajstić information content (AvgIpc) is 2.82. The molecular weight excluding hydrogens is 302 g/mol. The van der Waals surface area contributed by atoms with Gasteiger partial charge in [-0.15, -0.1) is 0 Å². The number of carboxylic acids is 1. The number of benzene rings is 1. The van der Waals surface area contributed by atoms with Gasteiger partial charge in [0.2, 0.25) is 0 Å². The molecule has 1 heterocycles. The highest BCUT2D eigenvalue weighted by molar-refractivity contribution is 7.89. The second kappa shape index (κ2) is 5.39. The van der Waals surface area contributed by atoms with E-state index < -0.39 is 43.6 Å². The third-order valence-corrected chi connectivity index (χ3v) is 5.14. The number of hydrogen-bond acceptors (Lipinski definition) is 6. The number of carboxylic acid groups (broad SMARTS) is 1. The molecule has 1 saturated heterocycles. The van der Waals surface area contributed by atoms with E-state index in [0.717, 1.165) is 12.1 Å². The maximum atomic E-state index is 12.5. The van der Waals surface area contributed by atoms with Gasteiger partial charge in [0.15, 0.2) is 4.90 Å². The molecule has 1 aromatic carbocycles. The van der Waals surface area contributed by atoms with Crippen molar-refractivity contribution in [2.24, 2.45) is 5.73 Å². The summed E-state index contributed by atoms with van der Waals surface area (Å²) in [5, 5.41) is 20.0. The Labute approximate surface area is 120 Å². The summed E-state index contributed by atoms with van der Waals surface area (Å²) in [6, 6.07) is 2.87. The Morgan fingerprint density at radius 1 is 1.43 bits per heavy atom. The van der Waals surface area contributed by atoms with Gasteiger partial charge in [-0.3, -0.25) is 14.9 Å². The topological polar surface area (TPSA) is 144 Å². The van der Waals surface area contributed by atoms with Crippen LogP contribution in [0.25, 0.3) is 0 Å². The van der Waals surface area contributed by atoms with E-state index in [-0.39, 0.29) is 13.0 Å². The zero-order valence-electron chi connectivity index (χ0n) is 10.7. The van der Waals surface area contributed by atoms with Crippen LogP contribution in [0.15, 0.2) is 29.2 Å². The molecule has 0 aliphatic carbocycles. The summed E-state index contributed by atoms with van der Waals surface area (Å²) in [7, 11) is -4.31. The quantitative estimate of drug-likeness (QED) is 0.576. The highest BCUT2D eigenvalue weighted by atomic mass is 32.2. The maximum absolute atomic E-state index is 12.5. The molecule has 9 nitrogen and oxygen atoms in total. The van der Waals surface area contributed by atoms with Crippen LogP contribution in [0.1, 0.15) is 6.42 Å². The maximum Gasteiger partial charge on any atom is 0.322 e. The lowest BCUT2D eigenvalue weighted by Gasteiger charge is -2.20. The van der Waals surface area contributed by atoms with E-state index >= 15 is 0 Å². The fourth-order valence-electron chi connectivity index (χ4n) is 2.28. The molecule has 0 radical (unpaired) electrons. The van der Waals surface area contributed by atoms with Crippen LogP contribution in [-0.4, -0.2) is 47.4 Å². The number of para-hydroxylation sites is 1. The van der Waals surface area contributed by atoms with Gasteiger partial charge in [-0.2, -0.15) is 4.31 Å². The molecule has 114 valence electrons. The Hall–Kier alpha value is -2.04. The molecule has 1 aliphatic rings. The van der Waals surface area contributed by atoms with Crippen LogP contribution in [0.2, 0.25) is 0 Å². The van der Waals surface area contributed by atoms with Crippen LogP contribution < -0.4 is 5.73 Å². The number of carbonyl (C=O) groups is 1. The zero-order valence-corrected chi connectivity index (χ0v) is 11.6. The second-order valence-electron chi connectivity index (χ2n) is 4.65. The fraction of sp³-hybridized carbons (Fsp3) is 0.364. The summed E-state index contributed by atoms with van der Waals surface area (Å²) in [6.07, 6.45) is -0.0325. The Bertz CT molecular complexity index is 689. The van der Waals surface area contributed by atoms with Gasteiger partial charge in [-0.1, -0.05) is 12.1 Å². The van der Waals surface area contributed by atoms with Crippen molar-refractivity contribution < 1.29 is 23.2 Å². The van der Waals surface area contributed by atoms with Crippen LogP contribution in [0.4, 0.5) is 5.69 Å². The zero-order chi connectivity index (χ0) is 15.8. The lowest BCUT2D eigenvalue weighted by molar-refractivity contribution is -0.387. The number of nitro benzene ring substituents is 1. The van der Waals surface area contributed by atoms with Crippen LogP contribution in [0.3, 0.4) is 0 Å². The summed E-state index contributed by atoms with van der Waals surface area (Å²) in [6.45, 7) is -0.189. The molecule has 1 fully saturated rings. The van der Waals surface area contributed by atoms with Crippen LogP contribution in [0, 0.1) is 10.1 Å². The third kappa shape index (κ3) is 2.73. The smallest absolute Gasteiger partial charge is 0.322 e. The van der Waals surface area contributed by atoms with Crippen molar-refractivity contribution in [3.63, 3.8) is 0 Å². The van der Waals surface area contributed by atoms with Gasteiger partial charge in [0, 0.05) is 18.7 Å². The van der Waals surface area contributed by atoms with Crippen molar-refractivity contribution >= 4 is 21.7 Å². The number of nitrogens with two attached hydrogens (primary N) is 1. The summed E-state index contributed by atoms with van der Waals surface area (Å²) in [5.74, 6) is -1.33. The standard InChI is InChI=1S/C11H13N3O6S/c12-7-5-9(11(15)16)13(6-7)21(19,20)10-4-2-1-3-8(10)14(17)18/h1-4,7,9H,5-6,12H2,(H,15,16)/t7-,9?/m0/s1. The highest BCUT2D eigenvalue weighted by Gasteiger charge is 2.44. The molecule has 2 rings (SSSR count). The van der Waals surface area contributed by atoms with Crippen molar-refractivity contribution in [1.82, 2.24) is 4.31 Å². The summed E-state index contributed by atoms with van der Waals surface area (Å²) < 4.78 is 25.8. The third-order valence-electron chi connectivity index (χ3n) is 3.22. The molecule has 0 amide bonds. The lowest BCUT2D eigenvalue weighted by atomic mass is 10.2. The fourth-order valence-corrected chi connectivity index (χ4v) is 4.09. The molecular formula is C11H13N3O6S. The van der Waals surface area contributed by atoms with E-state index in [4.69, 9.17) is 10.8 Å². The number of nitrogens with zero attached hydrogens (tertiary/aromatic N) is 2. The minimum Gasteiger partial charge on any atom is -0.480 e. The van der Waals surface area contributed by atoms with E-state index in [0.29, 0.717) is 4.31 Å². The van der Waals surface area contributed by atoms with Gasteiger partial charge < -0.3 is 10.8 Å². The summed E-state index contributed by atoms with van der Waals surface area (Å²) in [5.41, 5.74) is 5.03. The molecule has 0 saturated carbocycles. The first-order valence-electron chi connectivity index (χ1n) is 5.99. The molecule has 10 heteroatoms. The van der Waals surface area contributed by atoms with Gasteiger partial charge in [-0.25, -0.2) is 8.42 Å². The Balaban J connectivity index is 2.52. The molecule has 1 aromatic rings. The first kappa shape index (κ1) is 15.4. The number of nitro groups is 1. The largest absolute Gasteiger partial charge is 0.480 e. The van der Waals surface area contributed by atoms with Gasteiger partial charge in [0.1, 0.15) is 6.04 Å². The SMILES string of the molecule is N[C@H]1CC(C(=O)O)N(S(=O)(=O)c2ccccc2[N+](=O)[O-])C1. The minimum absolute atomic E-state index is 0.0325. The molecule has 0 spiro atoms. The predicted octanol–water partition coefficient (Wildman–Crippen LogP) is -0.230. The Kier molecular flexibility index (Phi) is 3.94. The Morgan fingerprint density at radius 2 is 2.05 bits per heavy atom. The second-order valence-corrected chi connectivity index (χ2v) is 6.51. The molecule has 21 heavy (non-hydrogen) atoms. The van der Waals surface area contributed by atoms with E-state index in [2.05, 4.69) is 0 Å². The molecule has 0 bridgehead atoms. The van der Waals surface area contributed by atoms with Crippen molar-refractivity contribution in [2.45, 2.75) is 23.4 Å². The summed E-state index contributed by atoms with van der Waals surface area (Å²) in [4.78, 5) is 20.8. The van der Waals surface area contributed by atoms with Crippen molar-refractivity contribution in [1.29, 1.82) is 0 Å². The van der Waals surface area contributed by atoms with Crippen LogP contribution in [-0.2, 0) is 14.8 Å². The first-order valence-corrected chi connectivity index (χ1v) is 7.43. The van der Waals surface area contributed by atoms with Crippen LogP contribution in [0.5, 0.6) is 0 Å². The van der Waals surface area contributed by atoms with E-state index in [1.54, 1.807) is 0 Å². The van der Waals surface area contributed by atoms with E-state index in [1.807, 2.05) is 0 Å². The number of sulfonamides is 1. The van der Waals surface area contributed by atoms with E-state index in [9.17, 15) is 23.3 Å². The normalized spacial score (nSPS) is 23.1. The predicted molar refractivity (Wildman–Crippen MR) is 71.0 cm³/mol. The molecule has 1 aliphatic heterocycles. The van der Waals surface area contributed by atoms with Gasteiger partial charge in [0.25, 0.3) is 15.7 Å². The van der Waals surface area contributed by atoms with Gasteiger partial charge >= 0.3 is 5.97 Å². The van der Waals surface area contributed by atoms with Crippen molar-refractivity contribution in [3.05, 3.63) is 34.4 Å². The first-order chi connectivity index (χ1) is 9.75. The molecule has 1 unspecified atom stereocenters. The Morgan fingerprint density at radius 3 is 2.62 bits per heavy atom. The van der Waals surface area contributed by atoms with Crippen molar-refractivity contribution in [3.8, 4) is 0 Å². The highest BCUT2D eigenvalue weighted by Crippen LogP contribution is 2.30.